The molecule has 0 aliphatic heterocycles. The van der Waals surface area contributed by atoms with Gasteiger partial charge in [-0.05, 0) is 23.0 Å². The Balaban J connectivity index is 2.93. The van der Waals surface area contributed by atoms with Crippen LogP contribution >= 0.6 is 0 Å². The van der Waals surface area contributed by atoms with Gasteiger partial charge < -0.3 is 4.90 Å². The van der Waals surface area contributed by atoms with E-state index in [0.717, 1.165) is 5.82 Å². The highest BCUT2D eigenvalue weighted by Gasteiger charge is 2.28. The average molecular weight is 234 g/mol. The fourth-order valence-corrected chi connectivity index (χ4v) is 2.18. The first kappa shape index (κ1) is 14.0. The van der Waals surface area contributed by atoms with Crippen molar-refractivity contribution in [1.82, 2.24) is 4.98 Å². The van der Waals surface area contributed by atoms with Crippen molar-refractivity contribution in [2.75, 3.05) is 19.0 Å². The molecule has 1 rings (SSSR count). The predicted octanol–water partition coefficient (Wildman–Crippen LogP) is 4.08. The second-order valence-electron chi connectivity index (χ2n) is 5.43. The summed E-state index contributed by atoms with van der Waals surface area (Å²) in [7, 11) is 4.04. The summed E-state index contributed by atoms with van der Waals surface area (Å²) in [6, 6.07) is 4.33. The Morgan fingerprint density at radius 3 is 2.18 bits per heavy atom. The van der Waals surface area contributed by atoms with Gasteiger partial charge in [0.2, 0.25) is 0 Å². The molecular formula is C15H26N2. The van der Waals surface area contributed by atoms with Crippen molar-refractivity contribution in [2.45, 2.75) is 46.5 Å². The highest BCUT2D eigenvalue weighted by molar-refractivity contribution is 5.38. The van der Waals surface area contributed by atoms with Crippen molar-refractivity contribution in [3.63, 3.8) is 0 Å². The number of hydrogen-bond donors (Lipinski definition) is 0. The molecule has 2 heteroatoms. The zero-order chi connectivity index (χ0) is 13.1. The molecule has 96 valence electrons. The zero-order valence-corrected chi connectivity index (χ0v) is 12.1. The van der Waals surface area contributed by atoms with Crippen molar-refractivity contribution >= 4 is 5.82 Å². The average Bonchev–Trinajstić information content (AvgIpc) is 2.37. The third kappa shape index (κ3) is 2.99. The largest absolute Gasteiger partial charge is 0.363 e. The van der Waals surface area contributed by atoms with Crippen LogP contribution in [0.15, 0.2) is 18.3 Å². The van der Waals surface area contributed by atoms with Crippen LogP contribution in [0.1, 0.15) is 52.0 Å². The lowest BCUT2D eigenvalue weighted by molar-refractivity contribution is 0.243. The lowest BCUT2D eigenvalue weighted by atomic mass is 9.71. The molecule has 0 aromatic carbocycles. The number of hydrogen-bond acceptors (Lipinski definition) is 2. The summed E-state index contributed by atoms with van der Waals surface area (Å²) < 4.78 is 0. The monoisotopic (exact) mass is 234 g/mol. The predicted molar refractivity (Wildman–Crippen MR) is 75.7 cm³/mol. The lowest BCUT2D eigenvalue weighted by Crippen LogP contribution is -2.22. The maximum Gasteiger partial charge on any atom is 0.127 e. The molecule has 0 saturated heterocycles. The molecule has 2 nitrogen and oxygen atoms in total. The fourth-order valence-electron chi connectivity index (χ4n) is 2.18. The Morgan fingerprint density at radius 1 is 1.24 bits per heavy atom. The van der Waals surface area contributed by atoms with Crippen LogP contribution < -0.4 is 4.90 Å². The topological polar surface area (TPSA) is 16.1 Å². The Kier molecular flexibility index (Phi) is 4.55. The van der Waals surface area contributed by atoms with Crippen LogP contribution in [0.5, 0.6) is 0 Å². The summed E-state index contributed by atoms with van der Waals surface area (Å²) in [5, 5.41) is 0. The van der Waals surface area contributed by atoms with Crippen LogP contribution in [-0.2, 0) is 0 Å². The van der Waals surface area contributed by atoms with Gasteiger partial charge in [-0.1, -0.05) is 46.6 Å². The van der Waals surface area contributed by atoms with Crippen molar-refractivity contribution in [1.29, 1.82) is 0 Å². The quantitative estimate of drug-likeness (QED) is 0.763. The van der Waals surface area contributed by atoms with E-state index in [2.05, 4.69) is 44.8 Å². The molecule has 1 atom stereocenters. The van der Waals surface area contributed by atoms with E-state index in [-0.39, 0.29) is 0 Å². The smallest absolute Gasteiger partial charge is 0.127 e. The highest BCUT2D eigenvalue weighted by atomic mass is 15.1. The van der Waals surface area contributed by atoms with Gasteiger partial charge in [-0.2, -0.15) is 0 Å². The Morgan fingerprint density at radius 2 is 1.82 bits per heavy atom. The SMILES string of the molecule is CCC(C)(CC)C(C)c1ccc(N(C)C)nc1. The van der Waals surface area contributed by atoms with E-state index >= 15 is 0 Å². The molecule has 0 radical (unpaired) electrons. The Hall–Kier alpha value is -1.05. The van der Waals surface area contributed by atoms with Crippen molar-refractivity contribution in [2.24, 2.45) is 5.41 Å². The van der Waals surface area contributed by atoms with Crippen LogP contribution in [0.2, 0.25) is 0 Å². The van der Waals surface area contributed by atoms with E-state index in [1.54, 1.807) is 0 Å². The summed E-state index contributed by atoms with van der Waals surface area (Å²) in [5.41, 5.74) is 1.73. The lowest BCUT2D eigenvalue weighted by Gasteiger charge is -2.34. The first-order chi connectivity index (χ1) is 7.94. The molecule has 0 amide bonds. The van der Waals surface area contributed by atoms with E-state index in [9.17, 15) is 0 Å². The minimum absolute atomic E-state index is 0.376. The third-order valence-electron chi connectivity index (χ3n) is 4.39. The zero-order valence-electron chi connectivity index (χ0n) is 12.1. The van der Waals surface area contributed by atoms with Gasteiger partial charge >= 0.3 is 0 Å². The van der Waals surface area contributed by atoms with E-state index in [1.807, 2.05) is 25.2 Å². The van der Waals surface area contributed by atoms with E-state index in [1.165, 1.54) is 18.4 Å². The number of pyridine rings is 1. The molecular weight excluding hydrogens is 208 g/mol. The first-order valence-electron chi connectivity index (χ1n) is 6.58. The van der Waals surface area contributed by atoms with Crippen LogP contribution in [0.3, 0.4) is 0 Å². The number of anilines is 1. The van der Waals surface area contributed by atoms with Crippen molar-refractivity contribution in [3.05, 3.63) is 23.9 Å². The van der Waals surface area contributed by atoms with Crippen LogP contribution in [-0.4, -0.2) is 19.1 Å². The van der Waals surface area contributed by atoms with Gasteiger partial charge in [0.1, 0.15) is 5.82 Å². The second kappa shape index (κ2) is 5.52. The Labute approximate surface area is 106 Å². The molecule has 17 heavy (non-hydrogen) atoms. The normalized spacial score (nSPS) is 13.5. The maximum atomic E-state index is 4.51. The molecule has 1 unspecified atom stereocenters. The minimum Gasteiger partial charge on any atom is -0.363 e. The molecule has 1 aromatic heterocycles. The van der Waals surface area contributed by atoms with Crippen LogP contribution in [0.4, 0.5) is 5.82 Å². The summed E-state index contributed by atoms with van der Waals surface area (Å²) >= 11 is 0. The molecule has 0 fully saturated rings. The van der Waals surface area contributed by atoms with Crippen molar-refractivity contribution < 1.29 is 0 Å². The summed E-state index contributed by atoms with van der Waals surface area (Å²) in [6.07, 6.45) is 4.45. The van der Waals surface area contributed by atoms with Gasteiger partial charge in [-0.15, -0.1) is 0 Å². The van der Waals surface area contributed by atoms with Gasteiger partial charge in [-0.25, -0.2) is 4.98 Å². The van der Waals surface area contributed by atoms with Gasteiger partial charge in [0, 0.05) is 20.3 Å². The number of aromatic nitrogens is 1. The fraction of sp³-hybridized carbons (Fsp3) is 0.667. The first-order valence-corrected chi connectivity index (χ1v) is 6.58. The van der Waals surface area contributed by atoms with Crippen molar-refractivity contribution in [3.8, 4) is 0 Å². The van der Waals surface area contributed by atoms with E-state index in [0.29, 0.717) is 11.3 Å². The molecule has 0 bridgehead atoms. The standard InChI is InChI=1S/C15H26N2/c1-7-15(4,8-2)12(3)13-9-10-14(16-11-13)17(5)6/h9-12H,7-8H2,1-6H3. The van der Waals surface area contributed by atoms with Crippen LogP contribution in [0, 0.1) is 5.41 Å². The molecule has 0 aliphatic carbocycles. The molecule has 0 spiro atoms. The minimum atomic E-state index is 0.376. The second-order valence-corrected chi connectivity index (χ2v) is 5.43. The molecule has 0 N–H and O–H groups in total. The summed E-state index contributed by atoms with van der Waals surface area (Å²) in [5.74, 6) is 1.58. The van der Waals surface area contributed by atoms with Gasteiger partial charge in [-0.3, -0.25) is 0 Å². The van der Waals surface area contributed by atoms with Crippen LogP contribution in [0.25, 0.3) is 0 Å². The van der Waals surface area contributed by atoms with E-state index < -0.39 is 0 Å². The van der Waals surface area contributed by atoms with Gasteiger partial charge in [0.25, 0.3) is 0 Å². The molecule has 0 saturated carbocycles. The molecule has 1 heterocycles. The molecule has 0 aliphatic rings. The summed E-state index contributed by atoms with van der Waals surface area (Å²) in [4.78, 5) is 6.54. The van der Waals surface area contributed by atoms with Gasteiger partial charge in [0.15, 0.2) is 0 Å². The number of rotatable bonds is 5. The number of nitrogens with zero attached hydrogens (tertiary/aromatic N) is 2. The maximum absolute atomic E-state index is 4.51. The van der Waals surface area contributed by atoms with E-state index in [4.69, 9.17) is 0 Å². The third-order valence-corrected chi connectivity index (χ3v) is 4.39. The Bertz CT molecular complexity index is 336. The summed E-state index contributed by atoms with van der Waals surface area (Å²) in [6.45, 7) is 9.25. The highest BCUT2D eigenvalue weighted by Crippen LogP contribution is 2.40. The molecule has 1 aromatic rings. The van der Waals surface area contributed by atoms with Gasteiger partial charge in [0.05, 0.1) is 0 Å².